The van der Waals surface area contributed by atoms with Crippen molar-refractivity contribution in [1.82, 2.24) is 20.5 Å². The molecule has 0 bridgehead atoms. The zero-order valence-electron chi connectivity index (χ0n) is 16.1. The minimum absolute atomic E-state index is 0.128. The van der Waals surface area contributed by atoms with E-state index in [2.05, 4.69) is 60.1 Å². The van der Waals surface area contributed by atoms with Crippen LogP contribution in [0, 0.1) is 19.8 Å². The van der Waals surface area contributed by atoms with E-state index in [-0.39, 0.29) is 5.54 Å². The quantitative estimate of drug-likeness (QED) is 0.633. The fourth-order valence-electron chi connectivity index (χ4n) is 3.27. The average molecular weight is 352 g/mol. The summed E-state index contributed by atoms with van der Waals surface area (Å²) < 4.78 is 0. The van der Waals surface area contributed by atoms with Crippen LogP contribution in [0.3, 0.4) is 0 Å². The number of rotatable bonds is 5. The predicted molar refractivity (Wildman–Crippen MR) is 104 cm³/mol. The third-order valence-corrected chi connectivity index (χ3v) is 5.91. The number of aryl methyl sites for hydroxylation is 2. The van der Waals surface area contributed by atoms with E-state index in [9.17, 15) is 0 Å². The summed E-state index contributed by atoms with van der Waals surface area (Å²) in [5.74, 6) is 1.66. The van der Waals surface area contributed by atoms with Gasteiger partial charge in [-0.3, -0.25) is 9.89 Å². The number of aliphatic imine (C=N–C) groups is 1. The van der Waals surface area contributed by atoms with Crippen molar-refractivity contribution in [1.29, 1.82) is 0 Å². The monoisotopic (exact) mass is 351 g/mol. The molecule has 6 heteroatoms. The van der Waals surface area contributed by atoms with Gasteiger partial charge in [-0.25, -0.2) is 4.98 Å². The highest BCUT2D eigenvalue weighted by Crippen LogP contribution is 2.23. The molecule has 5 nitrogen and oxygen atoms in total. The Bertz CT molecular complexity index is 564. The van der Waals surface area contributed by atoms with Crippen molar-refractivity contribution in [3.05, 3.63) is 15.6 Å². The largest absolute Gasteiger partial charge is 0.355 e. The molecule has 1 unspecified atom stereocenters. The Morgan fingerprint density at radius 1 is 1.38 bits per heavy atom. The Morgan fingerprint density at radius 3 is 2.71 bits per heavy atom. The molecule has 2 rings (SSSR count). The summed E-state index contributed by atoms with van der Waals surface area (Å²) in [5.41, 5.74) is 1.24. The normalized spacial score (nSPS) is 20.2. The van der Waals surface area contributed by atoms with E-state index in [0.717, 1.165) is 35.7 Å². The van der Waals surface area contributed by atoms with Gasteiger partial charge in [-0.2, -0.15) is 0 Å². The first-order valence-corrected chi connectivity index (χ1v) is 9.76. The fourth-order valence-corrected chi connectivity index (χ4v) is 4.15. The van der Waals surface area contributed by atoms with E-state index in [0.29, 0.717) is 0 Å². The standard InChI is InChI=1S/C18H33N5S/c1-13-8-7-9-23(11-13)18(4,5)12-21-17(19-6)20-10-16-14(2)22-15(3)24-16/h13H,7-12H2,1-6H3,(H2,19,20,21). The van der Waals surface area contributed by atoms with Gasteiger partial charge in [0.15, 0.2) is 5.96 Å². The van der Waals surface area contributed by atoms with Crippen molar-refractivity contribution in [2.24, 2.45) is 10.9 Å². The van der Waals surface area contributed by atoms with Crippen molar-refractivity contribution in [3.8, 4) is 0 Å². The second kappa shape index (κ2) is 8.30. The maximum atomic E-state index is 4.48. The molecule has 0 saturated carbocycles. The zero-order chi connectivity index (χ0) is 17.7. The number of likely N-dealkylation sites (tertiary alicyclic amines) is 1. The van der Waals surface area contributed by atoms with Gasteiger partial charge in [0.25, 0.3) is 0 Å². The van der Waals surface area contributed by atoms with Gasteiger partial charge in [0.2, 0.25) is 0 Å². The third kappa shape index (κ3) is 5.18. The van der Waals surface area contributed by atoms with Crippen LogP contribution in [0.1, 0.15) is 49.2 Å². The molecule has 1 aliphatic heterocycles. The summed E-state index contributed by atoms with van der Waals surface area (Å²) in [6, 6.07) is 0. The topological polar surface area (TPSA) is 52.6 Å². The van der Waals surface area contributed by atoms with Gasteiger partial charge < -0.3 is 10.6 Å². The van der Waals surface area contributed by atoms with Gasteiger partial charge in [-0.05, 0) is 53.0 Å². The Balaban J connectivity index is 1.85. The molecule has 136 valence electrons. The van der Waals surface area contributed by atoms with Gasteiger partial charge in [0.1, 0.15) is 0 Å². The van der Waals surface area contributed by atoms with E-state index < -0.39 is 0 Å². The second-order valence-electron chi connectivity index (χ2n) is 7.53. The minimum atomic E-state index is 0.128. The van der Waals surface area contributed by atoms with Gasteiger partial charge in [0.05, 0.1) is 17.2 Å². The van der Waals surface area contributed by atoms with Crippen LogP contribution in [0.25, 0.3) is 0 Å². The van der Waals surface area contributed by atoms with Gasteiger partial charge in [-0.1, -0.05) is 6.92 Å². The summed E-state index contributed by atoms with van der Waals surface area (Å²) in [5, 5.41) is 8.03. The third-order valence-electron chi connectivity index (χ3n) is 4.84. The van der Waals surface area contributed by atoms with Crippen LogP contribution in [0.2, 0.25) is 0 Å². The van der Waals surface area contributed by atoms with Crippen molar-refractivity contribution < 1.29 is 0 Å². The van der Waals surface area contributed by atoms with E-state index in [1.807, 2.05) is 7.05 Å². The van der Waals surface area contributed by atoms with Crippen LogP contribution in [-0.4, -0.2) is 48.1 Å². The van der Waals surface area contributed by atoms with Crippen molar-refractivity contribution in [3.63, 3.8) is 0 Å². The van der Waals surface area contributed by atoms with Crippen LogP contribution in [0.4, 0.5) is 0 Å². The fraction of sp³-hybridized carbons (Fsp3) is 0.778. The lowest BCUT2D eigenvalue weighted by molar-refractivity contribution is 0.0739. The molecule has 24 heavy (non-hydrogen) atoms. The van der Waals surface area contributed by atoms with Crippen LogP contribution < -0.4 is 10.6 Å². The Labute approximate surface area is 151 Å². The highest BCUT2D eigenvalue weighted by atomic mass is 32.1. The number of thiazole rings is 1. The van der Waals surface area contributed by atoms with Crippen LogP contribution in [0.15, 0.2) is 4.99 Å². The average Bonchev–Trinajstić information content (AvgIpc) is 2.85. The molecule has 2 heterocycles. The predicted octanol–water partition coefficient (Wildman–Crippen LogP) is 2.94. The van der Waals surface area contributed by atoms with Crippen molar-refractivity contribution >= 4 is 17.3 Å². The van der Waals surface area contributed by atoms with Crippen LogP contribution in [0.5, 0.6) is 0 Å². The minimum Gasteiger partial charge on any atom is -0.355 e. The Kier molecular flexibility index (Phi) is 6.63. The highest BCUT2D eigenvalue weighted by Gasteiger charge is 2.30. The molecule has 0 amide bonds. The number of nitrogens with zero attached hydrogens (tertiary/aromatic N) is 3. The maximum absolute atomic E-state index is 4.48. The first-order valence-electron chi connectivity index (χ1n) is 8.94. The number of nitrogens with one attached hydrogen (secondary N) is 2. The molecule has 1 aromatic heterocycles. The lowest BCUT2D eigenvalue weighted by Gasteiger charge is -2.43. The van der Waals surface area contributed by atoms with Crippen LogP contribution >= 0.6 is 11.3 Å². The molecule has 1 aliphatic rings. The van der Waals surface area contributed by atoms with Crippen LogP contribution in [-0.2, 0) is 6.54 Å². The summed E-state index contributed by atoms with van der Waals surface area (Å²) in [6.45, 7) is 15.2. The summed E-state index contributed by atoms with van der Waals surface area (Å²) in [4.78, 5) is 12.7. The summed E-state index contributed by atoms with van der Waals surface area (Å²) >= 11 is 1.75. The molecule has 1 atom stereocenters. The SMILES string of the molecule is CN=C(NCc1sc(C)nc1C)NCC(C)(C)N1CCCC(C)C1. The first kappa shape index (κ1) is 19.2. The molecule has 1 saturated heterocycles. The first-order chi connectivity index (χ1) is 11.3. The lowest BCUT2D eigenvalue weighted by atomic mass is 9.93. The number of hydrogen-bond acceptors (Lipinski definition) is 4. The number of guanidine groups is 1. The Hall–Kier alpha value is -1.14. The molecule has 1 aromatic rings. The smallest absolute Gasteiger partial charge is 0.191 e. The van der Waals surface area contributed by atoms with E-state index in [1.165, 1.54) is 30.8 Å². The highest BCUT2D eigenvalue weighted by molar-refractivity contribution is 7.11. The molecular formula is C18H33N5S. The van der Waals surface area contributed by atoms with E-state index >= 15 is 0 Å². The molecule has 0 radical (unpaired) electrons. The number of piperidine rings is 1. The van der Waals surface area contributed by atoms with Gasteiger partial charge in [0, 0.05) is 30.6 Å². The summed E-state index contributed by atoms with van der Waals surface area (Å²) in [6.07, 6.45) is 2.67. The maximum Gasteiger partial charge on any atom is 0.191 e. The molecule has 1 fully saturated rings. The molecule has 2 N–H and O–H groups in total. The Morgan fingerprint density at radius 2 is 2.12 bits per heavy atom. The zero-order valence-corrected chi connectivity index (χ0v) is 16.9. The lowest BCUT2D eigenvalue weighted by Crippen LogP contribution is -2.55. The van der Waals surface area contributed by atoms with E-state index in [1.54, 1.807) is 11.3 Å². The molecule has 0 spiro atoms. The second-order valence-corrected chi connectivity index (χ2v) is 8.81. The van der Waals surface area contributed by atoms with Gasteiger partial charge >= 0.3 is 0 Å². The van der Waals surface area contributed by atoms with Crippen molar-refractivity contribution in [2.45, 2.75) is 59.5 Å². The summed E-state index contributed by atoms with van der Waals surface area (Å²) in [7, 11) is 1.83. The number of hydrogen-bond donors (Lipinski definition) is 2. The van der Waals surface area contributed by atoms with Gasteiger partial charge in [-0.15, -0.1) is 11.3 Å². The molecule has 0 aliphatic carbocycles. The van der Waals surface area contributed by atoms with Crippen molar-refractivity contribution in [2.75, 3.05) is 26.7 Å². The number of aromatic nitrogens is 1. The molecular weight excluding hydrogens is 318 g/mol. The van der Waals surface area contributed by atoms with E-state index in [4.69, 9.17) is 0 Å². The molecule has 0 aromatic carbocycles.